The number of H-pyrrole nitrogens is 1. The number of hydrogen-bond donors (Lipinski definition) is 3. The highest BCUT2D eigenvalue weighted by atomic mass is 19.4. The maximum atomic E-state index is 13.2. The second-order valence-electron chi connectivity index (χ2n) is 9.16. The lowest BCUT2D eigenvalue weighted by Crippen LogP contribution is -2.55. The number of piperidine rings is 1. The summed E-state index contributed by atoms with van der Waals surface area (Å²) >= 11 is 0. The number of aliphatic hydroxyl groups excluding tert-OH is 1. The Morgan fingerprint density at radius 3 is 2.53 bits per heavy atom. The number of nitrogens with zero attached hydrogens (tertiary/aromatic N) is 5. The smallest absolute Gasteiger partial charge is 0.389 e. The van der Waals surface area contributed by atoms with Gasteiger partial charge in [-0.15, -0.1) is 0 Å². The molecular formula is C22H26F5N7O4. The summed E-state index contributed by atoms with van der Waals surface area (Å²) in [6, 6.07) is -1.19. The highest BCUT2D eigenvalue weighted by Crippen LogP contribution is 2.32. The van der Waals surface area contributed by atoms with Gasteiger partial charge in [-0.2, -0.15) is 18.3 Å². The van der Waals surface area contributed by atoms with Crippen LogP contribution in [0, 0.1) is 0 Å². The maximum Gasteiger partial charge on any atom is 0.423 e. The molecule has 0 bridgehead atoms. The van der Waals surface area contributed by atoms with Gasteiger partial charge in [-0.25, -0.2) is 23.8 Å². The van der Waals surface area contributed by atoms with E-state index >= 15 is 0 Å². The van der Waals surface area contributed by atoms with Crippen LogP contribution in [0.15, 0.2) is 23.4 Å². The number of amides is 1. The number of likely N-dealkylation sites (tertiary alicyclic amines) is 1. The molecule has 2 aromatic heterocycles. The molecule has 1 amide bonds. The fraction of sp³-hybridized carbons (Fsp3) is 0.591. The molecule has 2 saturated heterocycles. The third-order valence-electron chi connectivity index (χ3n) is 6.42. The van der Waals surface area contributed by atoms with Gasteiger partial charge >= 0.3 is 6.18 Å². The van der Waals surface area contributed by atoms with Crippen LogP contribution in [0.4, 0.5) is 33.6 Å². The Morgan fingerprint density at radius 1 is 1.18 bits per heavy atom. The zero-order valence-electron chi connectivity index (χ0n) is 20.2. The largest absolute Gasteiger partial charge is 0.423 e. The van der Waals surface area contributed by atoms with E-state index in [2.05, 4.69) is 20.4 Å². The summed E-state index contributed by atoms with van der Waals surface area (Å²) in [4.78, 5) is 35.6. The first-order valence-electron chi connectivity index (χ1n) is 11.8. The van der Waals surface area contributed by atoms with Gasteiger partial charge in [0.2, 0.25) is 5.95 Å². The van der Waals surface area contributed by atoms with Crippen LogP contribution in [0.25, 0.3) is 0 Å². The van der Waals surface area contributed by atoms with Crippen molar-refractivity contribution in [2.45, 2.75) is 56.7 Å². The number of β-amino-alcohol motifs (C(OH)–C–C–N with tert-alkyl or cyclic N) is 1. The van der Waals surface area contributed by atoms with Crippen LogP contribution in [0.2, 0.25) is 0 Å². The van der Waals surface area contributed by atoms with Gasteiger partial charge in [0.1, 0.15) is 11.7 Å². The topological polar surface area (TPSA) is 137 Å². The molecule has 0 aromatic carbocycles. The van der Waals surface area contributed by atoms with Crippen LogP contribution in [0.3, 0.4) is 0 Å². The molecule has 3 N–H and O–H groups in total. The fourth-order valence-corrected chi connectivity index (χ4v) is 4.59. The maximum absolute atomic E-state index is 13.2. The van der Waals surface area contributed by atoms with Gasteiger partial charge in [0.25, 0.3) is 17.9 Å². The number of halogens is 5. The lowest BCUT2D eigenvalue weighted by atomic mass is 10.0. The number of aromatic amines is 1. The third kappa shape index (κ3) is 6.01. The average molecular weight is 547 g/mol. The van der Waals surface area contributed by atoms with Gasteiger partial charge < -0.3 is 25.0 Å². The third-order valence-corrected chi connectivity index (χ3v) is 6.42. The summed E-state index contributed by atoms with van der Waals surface area (Å²) in [7, 11) is 0. The van der Waals surface area contributed by atoms with E-state index in [9.17, 15) is 36.6 Å². The summed E-state index contributed by atoms with van der Waals surface area (Å²) < 4.78 is 70.8. The molecule has 2 aliphatic heterocycles. The number of carbonyl (C=O) groups excluding carboxylic acids is 1. The monoisotopic (exact) mass is 547 g/mol. The molecule has 0 aliphatic carbocycles. The number of nitrogens with one attached hydrogen (secondary N) is 2. The van der Waals surface area contributed by atoms with Crippen molar-refractivity contribution in [1.82, 2.24) is 25.1 Å². The number of ether oxygens (including phenoxy) is 1. The van der Waals surface area contributed by atoms with E-state index in [0.29, 0.717) is 25.9 Å². The Balaban J connectivity index is 1.30. The van der Waals surface area contributed by atoms with Crippen LogP contribution < -0.4 is 15.8 Å². The van der Waals surface area contributed by atoms with E-state index in [1.54, 1.807) is 10.00 Å². The van der Waals surface area contributed by atoms with Gasteiger partial charge in [0.05, 0.1) is 36.2 Å². The zero-order valence-corrected chi connectivity index (χ0v) is 20.2. The molecule has 11 nitrogen and oxygen atoms in total. The summed E-state index contributed by atoms with van der Waals surface area (Å²) in [5.74, 6) is -0.146. The molecule has 0 radical (unpaired) electrons. The van der Waals surface area contributed by atoms with Crippen LogP contribution >= 0.6 is 0 Å². The lowest BCUT2D eigenvalue weighted by Gasteiger charge is -2.40. The van der Waals surface area contributed by atoms with Crippen molar-refractivity contribution in [3.8, 4) is 0 Å². The normalized spacial score (nSPS) is 23.3. The van der Waals surface area contributed by atoms with Gasteiger partial charge in [-0.3, -0.25) is 9.59 Å². The minimum absolute atomic E-state index is 0.0979. The van der Waals surface area contributed by atoms with Gasteiger partial charge in [-0.1, -0.05) is 0 Å². The van der Waals surface area contributed by atoms with Crippen molar-refractivity contribution in [3.63, 3.8) is 0 Å². The zero-order chi connectivity index (χ0) is 27.6. The first-order valence-corrected chi connectivity index (χ1v) is 11.8. The highest BCUT2D eigenvalue weighted by Gasteiger charge is 2.42. The number of anilines is 2. The number of alkyl halides is 5. The standard InChI is InChI=1S/C22H26F5N7O4/c1-11(31-13-8-30-32-19(36)17(13)22(25,26)27)10-38-16-3-5-34(20(16)37)14-2-4-33(9-15(14)35)21-28-6-12(7-29-21)18(23)24/h6-8,11,14-16,18,35H,2-5,9-10H2,1H3,(H2,31,32,36)/t11-,14-,15-,16+/m0/s1. The Hall–Kier alpha value is -3.40. The quantitative estimate of drug-likeness (QED) is 0.421. The number of aliphatic hydroxyl groups is 1. The van der Waals surface area contributed by atoms with Crippen LogP contribution in [0.5, 0.6) is 0 Å². The van der Waals surface area contributed by atoms with Gasteiger partial charge in [-0.05, 0) is 13.3 Å². The summed E-state index contributed by atoms with van der Waals surface area (Å²) in [5, 5.41) is 18.4. The minimum atomic E-state index is -4.89. The second-order valence-corrected chi connectivity index (χ2v) is 9.16. The van der Waals surface area contributed by atoms with E-state index in [1.165, 1.54) is 11.8 Å². The van der Waals surface area contributed by atoms with E-state index in [-0.39, 0.29) is 30.6 Å². The number of carbonyl (C=O) groups is 1. The Kier molecular flexibility index (Phi) is 8.10. The first kappa shape index (κ1) is 27.6. The van der Waals surface area contributed by atoms with Crippen molar-refractivity contribution >= 4 is 17.5 Å². The van der Waals surface area contributed by atoms with E-state index < -0.39 is 53.7 Å². The predicted molar refractivity (Wildman–Crippen MR) is 123 cm³/mol. The molecule has 2 aromatic rings. The molecule has 16 heteroatoms. The number of hydrogen-bond acceptors (Lipinski definition) is 9. The Morgan fingerprint density at radius 2 is 1.89 bits per heavy atom. The molecule has 4 heterocycles. The first-order chi connectivity index (χ1) is 18.0. The van der Waals surface area contributed by atoms with E-state index in [1.807, 2.05) is 0 Å². The van der Waals surface area contributed by atoms with E-state index in [0.717, 1.165) is 18.6 Å². The summed E-state index contributed by atoms with van der Waals surface area (Å²) in [6.45, 7) is 2.22. The van der Waals surface area contributed by atoms with Crippen LogP contribution in [-0.4, -0.2) is 86.6 Å². The SMILES string of the molecule is C[C@@H](CO[C@@H]1CCN([C@H]2CCN(c3ncc(C(F)F)cn3)C[C@@H]2O)C1=O)Nc1cn[nH]c(=O)c1C(F)(F)F. The second kappa shape index (κ2) is 11.1. The molecule has 38 heavy (non-hydrogen) atoms. The van der Waals surface area contributed by atoms with Crippen molar-refractivity contribution in [2.24, 2.45) is 0 Å². The van der Waals surface area contributed by atoms with Gasteiger partial charge in [0.15, 0.2) is 0 Å². The summed E-state index contributed by atoms with van der Waals surface area (Å²) in [5.41, 5.74) is -3.59. The number of rotatable bonds is 8. The van der Waals surface area contributed by atoms with Crippen molar-refractivity contribution in [3.05, 3.63) is 40.1 Å². The van der Waals surface area contributed by atoms with Crippen LogP contribution in [-0.2, 0) is 15.7 Å². The van der Waals surface area contributed by atoms with E-state index in [4.69, 9.17) is 4.74 Å². The van der Waals surface area contributed by atoms with Crippen molar-refractivity contribution in [1.29, 1.82) is 0 Å². The van der Waals surface area contributed by atoms with Crippen molar-refractivity contribution < 1.29 is 36.6 Å². The minimum Gasteiger partial charge on any atom is -0.389 e. The number of aromatic nitrogens is 4. The van der Waals surface area contributed by atoms with Crippen molar-refractivity contribution in [2.75, 3.05) is 36.5 Å². The van der Waals surface area contributed by atoms with Gasteiger partial charge in [0, 0.05) is 44.5 Å². The molecule has 2 aliphatic rings. The molecule has 0 spiro atoms. The predicted octanol–water partition coefficient (Wildman–Crippen LogP) is 1.57. The fourth-order valence-electron chi connectivity index (χ4n) is 4.59. The molecule has 2 fully saturated rings. The average Bonchev–Trinajstić information content (AvgIpc) is 3.21. The van der Waals surface area contributed by atoms with Crippen LogP contribution in [0.1, 0.15) is 37.3 Å². The molecule has 0 saturated carbocycles. The molecule has 4 rings (SSSR count). The lowest BCUT2D eigenvalue weighted by molar-refractivity contribution is -0.141. The molecule has 4 atom stereocenters. The molecular weight excluding hydrogens is 521 g/mol. The Labute approximate surface area is 213 Å². The summed E-state index contributed by atoms with van der Waals surface area (Å²) in [6.07, 6.45) is -5.73. The molecule has 0 unspecified atom stereocenters. The highest BCUT2D eigenvalue weighted by molar-refractivity contribution is 5.83. The Bertz CT molecular complexity index is 1180. The molecule has 208 valence electrons.